The molecule has 0 spiro atoms. The summed E-state index contributed by atoms with van der Waals surface area (Å²) in [7, 11) is 1.60. The first-order valence-electron chi connectivity index (χ1n) is 7.45. The third kappa shape index (κ3) is 2.96. The molecule has 0 N–H and O–H groups in total. The van der Waals surface area contributed by atoms with Crippen LogP contribution in [0.3, 0.4) is 0 Å². The van der Waals surface area contributed by atoms with E-state index in [9.17, 15) is 9.59 Å². The average Bonchev–Trinajstić information content (AvgIpc) is 2.90. The highest BCUT2D eigenvalue weighted by atomic mass is 16.5. The summed E-state index contributed by atoms with van der Waals surface area (Å²) in [4.78, 5) is 25.0. The fourth-order valence-electron chi connectivity index (χ4n) is 2.39. The van der Waals surface area contributed by atoms with E-state index in [0.717, 1.165) is 16.3 Å². The largest absolute Gasteiger partial charge is 0.497 e. The van der Waals surface area contributed by atoms with Crippen LogP contribution in [0.4, 0.5) is 0 Å². The minimum Gasteiger partial charge on any atom is -0.497 e. The van der Waals surface area contributed by atoms with Crippen molar-refractivity contribution < 1.29 is 14.3 Å². The zero-order chi connectivity index (χ0) is 17.1. The van der Waals surface area contributed by atoms with E-state index in [-0.39, 0.29) is 0 Å². The molecule has 0 aromatic heterocycles. The second kappa shape index (κ2) is 6.50. The number of nitrogens with zero attached hydrogens (tertiary/aromatic N) is 2. The molecule has 2 aromatic rings. The Morgan fingerprint density at radius 1 is 1.08 bits per heavy atom. The van der Waals surface area contributed by atoms with Gasteiger partial charge in [0.2, 0.25) is 0 Å². The summed E-state index contributed by atoms with van der Waals surface area (Å²) in [5, 5.41) is 5.03. The summed E-state index contributed by atoms with van der Waals surface area (Å²) in [5.74, 6) is -0.114. The first-order chi connectivity index (χ1) is 11.6. The Morgan fingerprint density at radius 3 is 2.38 bits per heavy atom. The number of amides is 2. The fourth-order valence-corrected chi connectivity index (χ4v) is 2.39. The van der Waals surface area contributed by atoms with E-state index in [4.69, 9.17) is 4.74 Å². The number of methoxy groups -OCH3 is 1. The molecule has 0 aliphatic carbocycles. The molecule has 0 fully saturated rings. The summed E-state index contributed by atoms with van der Waals surface area (Å²) in [5.41, 5.74) is 2.18. The van der Waals surface area contributed by atoms with Gasteiger partial charge in [-0.3, -0.25) is 9.59 Å². The number of hydrogen-bond donors (Lipinski definition) is 0. The van der Waals surface area contributed by atoms with Crippen molar-refractivity contribution >= 4 is 23.6 Å². The van der Waals surface area contributed by atoms with Crippen molar-refractivity contribution in [3.63, 3.8) is 0 Å². The van der Waals surface area contributed by atoms with Crippen LogP contribution in [0.25, 0.3) is 6.08 Å². The van der Waals surface area contributed by atoms with Crippen molar-refractivity contribution in [1.82, 2.24) is 5.01 Å². The summed E-state index contributed by atoms with van der Waals surface area (Å²) in [6.07, 6.45) is 1.72. The summed E-state index contributed by atoms with van der Waals surface area (Å²) < 4.78 is 5.11. The fraction of sp³-hybridized carbons (Fsp3) is 0.105. The van der Waals surface area contributed by atoms with Crippen LogP contribution in [0.1, 0.15) is 22.8 Å². The Morgan fingerprint density at radius 2 is 1.75 bits per heavy atom. The molecule has 5 heteroatoms. The van der Waals surface area contributed by atoms with Gasteiger partial charge in [0, 0.05) is 5.56 Å². The molecule has 0 saturated carbocycles. The maximum atomic E-state index is 12.6. The Kier molecular flexibility index (Phi) is 4.24. The maximum absolute atomic E-state index is 12.6. The zero-order valence-corrected chi connectivity index (χ0v) is 13.4. The van der Waals surface area contributed by atoms with Crippen molar-refractivity contribution in [2.75, 3.05) is 7.11 Å². The van der Waals surface area contributed by atoms with Crippen LogP contribution in [0.15, 0.2) is 65.3 Å². The minimum absolute atomic E-state index is 0.407. The molecule has 5 nitrogen and oxygen atoms in total. The lowest BCUT2D eigenvalue weighted by atomic mass is 10.1. The molecule has 120 valence electrons. The molecular weight excluding hydrogens is 304 g/mol. The summed E-state index contributed by atoms with van der Waals surface area (Å²) in [6, 6.07) is 15.9. The van der Waals surface area contributed by atoms with E-state index < -0.39 is 11.8 Å². The van der Waals surface area contributed by atoms with Crippen LogP contribution in [0.5, 0.6) is 5.75 Å². The summed E-state index contributed by atoms with van der Waals surface area (Å²) in [6.45, 7) is 1.71. The van der Waals surface area contributed by atoms with Crippen LogP contribution in [0.2, 0.25) is 0 Å². The van der Waals surface area contributed by atoms with Crippen LogP contribution in [0, 0.1) is 0 Å². The van der Waals surface area contributed by atoms with E-state index in [1.54, 1.807) is 44.4 Å². The van der Waals surface area contributed by atoms with Gasteiger partial charge in [0.05, 0.1) is 18.4 Å². The normalized spacial score (nSPS) is 15.6. The number of rotatable bonds is 3. The van der Waals surface area contributed by atoms with Gasteiger partial charge in [-0.2, -0.15) is 10.1 Å². The average molecular weight is 320 g/mol. The second-order valence-electron chi connectivity index (χ2n) is 5.30. The van der Waals surface area contributed by atoms with E-state index in [1.807, 2.05) is 30.3 Å². The molecule has 0 bridgehead atoms. The molecule has 0 unspecified atom stereocenters. The third-order valence-corrected chi connectivity index (χ3v) is 3.70. The Balaban J connectivity index is 1.87. The highest BCUT2D eigenvalue weighted by Gasteiger charge is 2.32. The van der Waals surface area contributed by atoms with Crippen molar-refractivity contribution in [3.05, 3.63) is 71.3 Å². The third-order valence-electron chi connectivity index (χ3n) is 3.70. The lowest BCUT2D eigenvalue weighted by molar-refractivity contribution is -0.123. The van der Waals surface area contributed by atoms with Crippen molar-refractivity contribution in [2.45, 2.75) is 6.92 Å². The zero-order valence-electron chi connectivity index (χ0n) is 13.4. The van der Waals surface area contributed by atoms with E-state index >= 15 is 0 Å². The van der Waals surface area contributed by atoms with Gasteiger partial charge in [-0.25, -0.2) is 0 Å². The minimum atomic E-state index is -0.432. The molecule has 1 aliphatic heterocycles. The van der Waals surface area contributed by atoms with E-state index in [2.05, 4.69) is 5.10 Å². The Labute approximate surface area is 139 Å². The molecule has 2 aromatic carbocycles. The molecular formula is C19H16N2O3. The van der Waals surface area contributed by atoms with Crippen molar-refractivity contribution in [3.8, 4) is 5.75 Å². The van der Waals surface area contributed by atoms with Gasteiger partial charge in [0.1, 0.15) is 5.75 Å². The predicted molar refractivity (Wildman–Crippen MR) is 91.7 cm³/mol. The molecule has 0 radical (unpaired) electrons. The highest BCUT2D eigenvalue weighted by molar-refractivity contribution is 6.30. The van der Waals surface area contributed by atoms with Crippen molar-refractivity contribution in [2.24, 2.45) is 5.10 Å². The van der Waals surface area contributed by atoms with Gasteiger partial charge in [-0.05, 0) is 42.8 Å². The lowest BCUT2D eigenvalue weighted by Gasteiger charge is -2.09. The van der Waals surface area contributed by atoms with Gasteiger partial charge in [-0.1, -0.05) is 30.3 Å². The summed E-state index contributed by atoms with van der Waals surface area (Å²) >= 11 is 0. The smallest absolute Gasteiger partial charge is 0.283 e. The van der Waals surface area contributed by atoms with Crippen LogP contribution in [-0.4, -0.2) is 29.6 Å². The van der Waals surface area contributed by atoms with Crippen LogP contribution < -0.4 is 4.74 Å². The molecule has 1 aliphatic rings. The topological polar surface area (TPSA) is 59.0 Å². The van der Waals surface area contributed by atoms with Gasteiger partial charge in [-0.15, -0.1) is 0 Å². The number of ether oxygens (including phenoxy) is 1. The molecule has 0 atom stereocenters. The lowest BCUT2D eigenvalue weighted by Crippen LogP contribution is -2.29. The first kappa shape index (κ1) is 15.7. The quantitative estimate of drug-likeness (QED) is 0.645. The van der Waals surface area contributed by atoms with Gasteiger partial charge in [0.15, 0.2) is 0 Å². The number of carbonyl (C=O) groups is 2. The predicted octanol–water partition coefficient (Wildman–Crippen LogP) is 3.14. The molecule has 24 heavy (non-hydrogen) atoms. The first-order valence-corrected chi connectivity index (χ1v) is 7.45. The Bertz CT molecular complexity index is 837. The van der Waals surface area contributed by atoms with Crippen LogP contribution >= 0.6 is 0 Å². The highest BCUT2D eigenvalue weighted by Crippen LogP contribution is 2.21. The molecule has 2 amide bonds. The molecule has 3 rings (SSSR count). The number of hydrogen-bond acceptors (Lipinski definition) is 4. The monoisotopic (exact) mass is 320 g/mol. The van der Waals surface area contributed by atoms with Gasteiger partial charge >= 0.3 is 0 Å². The SMILES string of the molecule is COc1ccc(/C=C2/C(=O)N(C(=O)c3ccccc3)N=C2C)cc1. The number of benzene rings is 2. The molecule has 0 saturated heterocycles. The Hall–Kier alpha value is -3.21. The standard InChI is InChI=1S/C19H16N2O3/c1-13-17(12-14-8-10-16(24-2)11-9-14)19(23)21(20-13)18(22)15-6-4-3-5-7-15/h3-12H,1-2H3/b17-12+. The molecule has 1 heterocycles. The number of imide groups is 1. The maximum Gasteiger partial charge on any atom is 0.283 e. The number of carbonyl (C=O) groups excluding carboxylic acids is 2. The van der Waals surface area contributed by atoms with Gasteiger partial charge in [0.25, 0.3) is 11.8 Å². The van der Waals surface area contributed by atoms with E-state index in [0.29, 0.717) is 16.8 Å². The van der Waals surface area contributed by atoms with E-state index in [1.165, 1.54) is 0 Å². The second-order valence-corrected chi connectivity index (χ2v) is 5.30. The van der Waals surface area contributed by atoms with Crippen molar-refractivity contribution in [1.29, 1.82) is 0 Å². The van der Waals surface area contributed by atoms with Crippen LogP contribution in [-0.2, 0) is 4.79 Å². The number of hydrazone groups is 1. The van der Waals surface area contributed by atoms with Gasteiger partial charge < -0.3 is 4.74 Å².